The Balaban J connectivity index is 1.87. The monoisotopic (exact) mass is 294 g/mol. The van der Waals surface area contributed by atoms with Crippen LogP contribution < -0.4 is 0 Å². The number of aliphatic carboxylic acids is 1. The Morgan fingerprint density at radius 3 is 2.57 bits per heavy atom. The summed E-state index contributed by atoms with van der Waals surface area (Å²) in [5, 5.41) is 21.8. The number of hydrogen-bond acceptors (Lipinski definition) is 5. The second-order valence-corrected chi connectivity index (χ2v) is 6.63. The van der Waals surface area contributed by atoms with Crippen molar-refractivity contribution < 1.29 is 14.6 Å². The highest BCUT2D eigenvalue weighted by molar-refractivity contribution is 5.74. The molecular formula is C14H22N4O3. The summed E-state index contributed by atoms with van der Waals surface area (Å²) in [7, 11) is 0. The molecule has 1 N–H and O–H groups in total. The van der Waals surface area contributed by atoms with Crippen molar-refractivity contribution in [2.45, 2.75) is 57.4 Å². The first-order valence-corrected chi connectivity index (χ1v) is 7.64. The van der Waals surface area contributed by atoms with Gasteiger partial charge in [0.25, 0.3) is 0 Å². The minimum atomic E-state index is -0.808. The van der Waals surface area contributed by atoms with Crippen LogP contribution in [0.4, 0.5) is 0 Å². The molecule has 2 aliphatic rings. The first-order valence-electron chi connectivity index (χ1n) is 7.64. The standard InChI is InChI=1S/C14H22N4O3/c1-13(4-2-3-5-13)11-15-16-17-18(11)10-14(12(19)20)6-8-21-9-7-14/h2-10H2,1H3,(H,19,20). The Labute approximate surface area is 123 Å². The molecule has 0 unspecified atom stereocenters. The average molecular weight is 294 g/mol. The minimum Gasteiger partial charge on any atom is -0.481 e. The fraction of sp³-hybridized carbons (Fsp3) is 0.857. The second kappa shape index (κ2) is 5.36. The van der Waals surface area contributed by atoms with Crippen molar-refractivity contribution in [3.05, 3.63) is 5.82 Å². The SMILES string of the molecule is CC1(c2nnnn2CC2(C(=O)O)CCOCC2)CCCC1. The summed E-state index contributed by atoms with van der Waals surface area (Å²) in [5.41, 5.74) is -0.828. The molecule has 1 saturated heterocycles. The van der Waals surface area contributed by atoms with Crippen LogP contribution in [0.3, 0.4) is 0 Å². The van der Waals surface area contributed by atoms with Crippen LogP contribution in [0.1, 0.15) is 51.3 Å². The van der Waals surface area contributed by atoms with Gasteiger partial charge in [0.2, 0.25) is 0 Å². The van der Waals surface area contributed by atoms with Crippen LogP contribution in [0.25, 0.3) is 0 Å². The Morgan fingerprint density at radius 1 is 1.29 bits per heavy atom. The summed E-state index contributed by atoms with van der Waals surface area (Å²) in [5.74, 6) is 0.0657. The van der Waals surface area contributed by atoms with Gasteiger partial charge in [0.05, 0.1) is 12.0 Å². The zero-order valence-electron chi connectivity index (χ0n) is 12.4. The highest BCUT2D eigenvalue weighted by Gasteiger charge is 2.43. The van der Waals surface area contributed by atoms with E-state index in [2.05, 4.69) is 22.4 Å². The number of aromatic nitrogens is 4. The van der Waals surface area contributed by atoms with Crippen molar-refractivity contribution in [2.24, 2.45) is 5.41 Å². The van der Waals surface area contributed by atoms with Crippen molar-refractivity contribution in [2.75, 3.05) is 13.2 Å². The lowest BCUT2D eigenvalue weighted by molar-refractivity contribution is -0.156. The topological polar surface area (TPSA) is 90.1 Å². The molecule has 2 heterocycles. The molecule has 21 heavy (non-hydrogen) atoms. The van der Waals surface area contributed by atoms with Crippen molar-refractivity contribution >= 4 is 5.97 Å². The largest absolute Gasteiger partial charge is 0.481 e. The molecule has 0 aromatic carbocycles. The van der Waals surface area contributed by atoms with E-state index < -0.39 is 11.4 Å². The molecule has 0 amide bonds. The fourth-order valence-corrected chi connectivity index (χ4v) is 3.61. The van der Waals surface area contributed by atoms with Gasteiger partial charge in [-0.15, -0.1) is 5.10 Å². The van der Waals surface area contributed by atoms with Crippen LogP contribution >= 0.6 is 0 Å². The van der Waals surface area contributed by atoms with Gasteiger partial charge in [0.15, 0.2) is 5.82 Å². The molecule has 3 rings (SSSR count). The van der Waals surface area contributed by atoms with E-state index in [0.717, 1.165) is 18.7 Å². The third-order valence-electron chi connectivity index (χ3n) is 5.13. The van der Waals surface area contributed by atoms with Crippen LogP contribution in [-0.4, -0.2) is 44.5 Å². The Kier molecular flexibility index (Phi) is 3.69. The number of carboxylic acid groups (broad SMARTS) is 1. The van der Waals surface area contributed by atoms with Gasteiger partial charge in [-0.25, -0.2) is 4.68 Å². The number of ether oxygens (including phenoxy) is 1. The van der Waals surface area contributed by atoms with Gasteiger partial charge in [0.1, 0.15) is 0 Å². The lowest BCUT2D eigenvalue weighted by Gasteiger charge is -2.33. The highest BCUT2D eigenvalue weighted by atomic mass is 16.5. The number of nitrogens with zero attached hydrogens (tertiary/aromatic N) is 4. The van der Waals surface area contributed by atoms with Crippen LogP contribution in [0.2, 0.25) is 0 Å². The molecule has 7 nitrogen and oxygen atoms in total. The smallest absolute Gasteiger partial charge is 0.311 e. The number of carbonyl (C=O) groups is 1. The van der Waals surface area contributed by atoms with Gasteiger partial charge < -0.3 is 9.84 Å². The van der Waals surface area contributed by atoms with Gasteiger partial charge in [-0.05, 0) is 36.1 Å². The van der Waals surface area contributed by atoms with Gasteiger partial charge in [-0.3, -0.25) is 4.79 Å². The van der Waals surface area contributed by atoms with E-state index in [9.17, 15) is 9.90 Å². The molecular weight excluding hydrogens is 272 g/mol. The molecule has 116 valence electrons. The van der Waals surface area contributed by atoms with Gasteiger partial charge >= 0.3 is 5.97 Å². The molecule has 1 aliphatic carbocycles. The third kappa shape index (κ3) is 2.54. The van der Waals surface area contributed by atoms with E-state index >= 15 is 0 Å². The maximum absolute atomic E-state index is 11.8. The van der Waals surface area contributed by atoms with E-state index in [1.165, 1.54) is 12.8 Å². The third-order valence-corrected chi connectivity index (χ3v) is 5.13. The minimum absolute atomic E-state index is 0.0195. The molecule has 0 spiro atoms. The Hall–Kier alpha value is -1.50. The second-order valence-electron chi connectivity index (χ2n) is 6.63. The van der Waals surface area contributed by atoms with E-state index in [4.69, 9.17) is 4.74 Å². The Bertz CT molecular complexity index is 516. The lowest BCUT2D eigenvalue weighted by atomic mass is 9.79. The first kappa shape index (κ1) is 14.4. The molecule has 1 aromatic rings. The van der Waals surface area contributed by atoms with Crippen LogP contribution in [0, 0.1) is 5.41 Å². The molecule has 0 atom stereocenters. The van der Waals surface area contributed by atoms with Crippen LogP contribution in [0.5, 0.6) is 0 Å². The number of carboxylic acids is 1. The molecule has 7 heteroatoms. The summed E-state index contributed by atoms with van der Waals surface area (Å²) in [6.45, 7) is 3.49. The van der Waals surface area contributed by atoms with Crippen molar-refractivity contribution in [1.82, 2.24) is 20.2 Å². The molecule has 0 bridgehead atoms. The van der Waals surface area contributed by atoms with Crippen molar-refractivity contribution in [1.29, 1.82) is 0 Å². The molecule has 2 fully saturated rings. The normalized spacial score (nSPS) is 24.0. The van der Waals surface area contributed by atoms with Crippen LogP contribution in [0.15, 0.2) is 0 Å². The quantitative estimate of drug-likeness (QED) is 0.902. The van der Waals surface area contributed by atoms with Gasteiger partial charge in [0, 0.05) is 18.6 Å². The lowest BCUT2D eigenvalue weighted by Crippen LogP contribution is -2.42. The van der Waals surface area contributed by atoms with Gasteiger partial charge in [-0.2, -0.15) is 0 Å². The maximum atomic E-state index is 11.8. The first-order chi connectivity index (χ1) is 10.1. The summed E-state index contributed by atoms with van der Waals surface area (Å²) in [4.78, 5) is 11.8. The number of rotatable bonds is 4. The predicted octanol–water partition coefficient (Wildman–Crippen LogP) is 1.39. The van der Waals surface area contributed by atoms with E-state index in [1.54, 1.807) is 4.68 Å². The molecule has 0 radical (unpaired) electrons. The highest BCUT2D eigenvalue weighted by Crippen LogP contribution is 2.40. The predicted molar refractivity (Wildman–Crippen MR) is 73.8 cm³/mol. The molecule has 1 saturated carbocycles. The van der Waals surface area contributed by atoms with Crippen molar-refractivity contribution in [3.8, 4) is 0 Å². The van der Waals surface area contributed by atoms with Crippen LogP contribution in [-0.2, 0) is 21.5 Å². The summed E-state index contributed by atoms with van der Waals surface area (Å²) in [6, 6.07) is 0. The summed E-state index contributed by atoms with van der Waals surface area (Å²) in [6.07, 6.45) is 5.52. The Morgan fingerprint density at radius 2 is 1.95 bits per heavy atom. The number of hydrogen-bond donors (Lipinski definition) is 1. The van der Waals surface area contributed by atoms with Crippen molar-refractivity contribution in [3.63, 3.8) is 0 Å². The summed E-state index contributed by atoms with van der Waals surface area (Å²) < 4.78 is 7.05. The number of tetrazole rings is 1. The van der Waals surface area contributed by atoms with E-state index in [0.29, 0.717) is 32.6 Å². The fourth-order valence-electron chi connectivity index (χ4n) is 3.61. The van der Waals surface area contributed by atoms with E-state index in [-0.39, 0.29) is 5.41 Å². The maximum Gasteiger partial charge on any atom is 0.311 e. The molecule has 1 aliphatic heterocycles. The average Bonchev–Trinajstić information content (AvgIpc) is 3.09. The molecule has 1 aromatic heterocycles. The summed E-state index contributed by atoms with van der Waals surface area (Å²) >= 11 is 0. The van der Waals surface area contributed by atoms with E-state index in [1.807, 2.05) is 0 Å². The van der Waals surface area contributed by atoms with Gasteiger partial charge in [-0.1, -0.05) is 19.8 Å². The zero-order valence-corrected chi connectivity index (χ0v) is 12.4. The zero-order chi connectivity index (χ0) is 14.9.